The first-order chi connectivity index (χ1) is 29.0. The van der Waals surface area contributed by atoms with Gasteiger partial charge in [0.05, 0.1) is 25.2 Å². The summed E-state index contributed by atoms with van der Waals surface area (Å²) >= 11 is 0. The first kappa shape index (κ1) is 57.1. The molecule has 0 aliphatic rings. The molecule has 346 valence electrons. The lowest BCUT2D eigenvalue weighted by Crippen LogP contribution is -2.46. The summed E-state index contributed by atoms with van der Waals surface area (Å²) in [5, 5.41) is 23.7. The minimum absolute atomic E-state index is 0.0643. The van der Waals surface area contributed by atoms with Crippen LogP contribution in [0.25, 0.3) is 0 Å². The number of ether oxygens (including phenoxy) is 1. The van der Waals surface area contributed by atoms with Crippen LogP contribution in [0.5, 0.6) is 0 Å². The van der Waals surface area contributed by atoms with Gasteiger partial charge in [-0.1, -0.05) is 205 Å². The second-order valence-corrected chi connectivity index (χ2v) is 17.6. The predicted molar refractivity (Wildman–Crippen MR) is 255 cm³/mol. The van der Waals surface area contributed by atoms with Crippen LogP contribution in [-0.4, -0.2) is 46.9 Å². The van der Waals surface area contributed by atoms with Gasteiger partial charge in [-0.2, -0.15) is 0 Å². The Morgan fingerprint density at radius 1 is 0.492 bits per heavy atom. The number of unbranched alkanes of at least 4 members (excludes halogenated alkanes) is 28. The lowest BCUT2D eigenvalue weighted by Gasteiger charge is -2.24. The van der Waals surface area contributed by atoms with Gasteiger partial charge in [0, 0.05) is 6.42 Å². The molecule has 6 nitrogen and oxygen atoms in total. The van der Waals surface area contributed by atoms with Gasteiger partial charge < -0.3 is 20.3 Å². The maximum Gasteiger partial charge on any atom is 0.306 e. The van der Waals surface area contributed by atoms with Gasteiger partial charge >= 0.3 is 5.97 Å². The van der Waals surface area contributed by atoms with E-state index >= 15 is 0 Å². The Balaban J connectivity index is 4.63. The van der Waals surface area contributed by atoms with Gasteiger partial charge in [-0.25, -0.2) is 0 Å². The number of carbonyl (C=O) groups excluding carboxylic acids is 2. The number of aliphatic hydroxyl groups excluding tert-OH is 2. The highest BCUT2D eigenvalue weighted by Crippen LogP contribution is 2.17. The van der Waals surface area contributed by atoms with Gasteiger partial charge in [-0.3, -0.25) is 9.59 Å². The smallest absolute Gasteiger partial charge is 0.306 e. The van der Waals surface area contributed by atoms with E-state index in [4.69, 9.17) is 4.74 Å². The zero-order valence-electron chi connectivity index (χ0n) is 39.4. The number of rotatable bonds is 46. The Kier molecular flexibility index (Phi) is 45.6. The van der Waals surface area contributed by atoms with E-state index < -0.39 is 18.2 Å². The molecule has 0 spiro atoms. The molecule has 0 rings (SSSR count). The van der Waals surface area contributed by atoms with Crippen molar-refractivity contribution in [2.75, 3.05) is 6.61 Å². The first-order valence-electron chi connectivity index (χ1n) is 25.7. The third kappa shape index (κ3) is 42.6. The van der Waals surface area contributed by atoms with Crippen molar-refractivity contribution in [2.45, 2.75) is 283 Å². The number of aliphatic hydroxyl groups is 2. The van der Waals surface area contributed by atoms with Crippen molar-refractivity contribution in [1.82, 2.24) is 5.32 Å². The van der Waals surface area contributed by atoms with Crippen LogP contribution in [0.1, 0.15) is 265 Å². The fraction of sp³-hybridized carbons (Fsp3) is 0.849. The van der Waals surface area contributed by atoms with Gasteiger partial charge in [0.2, 0.25) is 5.91 Å². The summed E-state index contributed by atoms with van der Waals surface area (Å²) in [4.78, 5) is 26.1. The molecule has 0 bridgehead atoms. The molecule has 3 atom stereocenters. The highest BCUT2D eigenvalue weighted by molar-refractivity contribution is 5.77. The van der Waals surface area contributed by atoms with Crippen LogP contribution in [0.4, 0.5) is 0 Å². The van der Waals surface area contributed by atoms with E-state index in [2.05, 4.69) is 62.5 Å². The number of amides is 1. The standard InChI is InChI=1S/C53H99NO5/c1-4-7-10-13-16-19-22-25-26-28-29-32-35-38-41-44-49(59-53(58)46-43-40-37-34-31-27-23-20-17-14-11-8-5-2)47-52(57)54-50(48-55)51(56)45-42-39-36-33-30-24-21-18-15-12-9-6-3/h16,19,25-27,31,49-51,55-56H,4-15,17-18,20-24,28-30,32-48H2,1-3H3,(H,54,57)/b19-16-,26-25-,31-27-. The molecule has 3 unspecified atom stereocenters. The molecule has 0 heterocycles. The van der Waals surface area contributed by atoms with E-state index in [1.807, 2.05) is 0 Å². The summed E-state index contributed by atoms with van der Waals surface area (Å²) in [6.45, 7) is 6.45. The van der Waals surface area contributed by atoms with E-state index in [1.54, 1.807) is 0 Å². The molecular formula is C53H99NO5. The zero-order valence-corrected chi connectivity index (χ0v) is 39.4. The normalized spacial score (nSPS) is 13.5. The van der Waals surface area contributed by atoms with Gasteiger partial charge in [-0.05, 0) is 83.5 Å². The average molecular weight is 830 g/mol. The first-order valence-corrected chi connectivity index (χ1v) is 25.7. The lowest BCUT2D eigenvalue weighted by molar-refractivity contribution is -0.151. The van der Waals surface area contributed by atoms with E-state index in [9.17, 15) is 19.8 Å². The maximum absolute atomic E-state index is 13.2. The van der Waals surface area contributed by atoms with E-state index in [0.717, 1.165) is 77.0 Å². The third-order valence-electron chi connectivity index (χ3n) is 11.7. The van der Waals surface area contributed by atoms with Crippen LogP contribution >= 0.6 is 0 Å². The van der Waals surface area contributed by atoms with Crippen molar-refractivity contribution in [3.05, 3.63) is 36.5 Å². The molecule has 3 N–H and O–H groups in total. The molecule has 59 heavy (non-hydrogen) atoms. The van der Waals surface area contributed by atoms with Crippen molar-refractivity contribution >= 4 is 11.9 Å². The Bertz CT molecular complexity index is 977. The van der Waals surface area contributed by atoms with Crippen LogP contribution < -0.4 is 5.32 Å². The van der Waals surface area contributed by atoms with Gasteiger partial charge in [-0.15, -0.1) is 0 Å². The predicted octanol–water partition coefficient (Wildman–Crippen LogP) is 15.3. The number of carbonyl (C=O) groups is 2. The molecule has 0 aromatic rings. The van der Waals surface area contributed by atoms with Crippen LogP contribution in [0.2, 0.25) is 0 Å². The van der Waals surface area contributed by atoms with Gasteiger partial charge in [0.1, 0.15) is 6.10 Å². The highest BCUT2D eigenvalue weighted by Gasteiger charge is 2.24. The molecule has 0 aliphatic carbocycles. The second kappa shape index (κ2) is 47.1. The summed E-state index contributed by atoms with van der Waals surface area (Å²) in [5.74, 6) is -0.499. The molecule has 0 radical (unpaired) electrons. The zero-order chi connectivity index (χ0) is 43.1. The molecule has 0 fully saturated rings. The minimum atomic E-state index is -0.791. The van der Waals surface area contributed by atoms with E-state index in [0.29, 0.717) is 19.3 Å². The average Bonchev–Trinajstić information content (AvgIpc) is 3.23. The lowest BCUT2D eigenvalue weighted by atomic mass is 10.0. The maximum atomic E-state index is 13.2. The van der Waals surface area contributed by atoms with Crippen molar-refractivity contribution in [2.24, 2.45) is 0 Å². The van der Waals surface area contributed by atoms with E-state index in [1.165, 1.54) is 141 Å². The fourth-order valence-corrected chi connectivity index (χ4v) is 7.75. The number of nitrogens with one attached hydrogen (secondary N) is 1. The van der Waals surface area contributed by atoms with Crippen LogP contribution in [0, 0.1) is 0 Å². The van der Waals surface area contributed by atoms with Crippen molar-refractivity contribution < 1.29 is 24.5 Å². The summed E-state index contributed by atoms with van der Waals surface area (Å²) in [6, 6.07) is -0.706. The van der Waals surface area contributed by atoms with Crippen molar-refractivity contribution in [3.63, 3.8) is 0 Å². The second-order valence-electron chi connectivity index (χ2n) is 17.6. The highest BCUT2D eigenvalue weighted by atomic mass is 16.5. The minimum Gasteiger partial charge on any atom is -0.462 e. The molecular weight excluding hydrogens is 731 g/mol. The number of esters is 1. The quantitative estimate of drug-likeness (QED) is 0.0323. The van der Waals surface area contributed by atoms with E-state index in [-0.39, 0.29) is 24.9 Å². The third-order valence-corrected chi connectivity index (χ3v) is 11.7. The number of hydrogen-bond donors (Lipinski definition) is 3. The molecule has 1 amide bonds. The summed E-state index contributed by atoms with van der Waals surface area (Å²) in [6.07, 6.45) is 54.8. The van der Waals surface area contributed by atoms with Gasteiger partial charge in [0.25, 0.3) is 0 Å². The summed E-state index contributed by atoms with van der Waals surface area (Å²) in [5.41, 5.74) is 0. The molecule has 0 aliphatic heterocycles. The Hall–Kier alpha value is -1.92. The van der Waals surface area contributed by atoms with Crippen LogP contribution in [0.3, 0.4) is 0 Å². The fourth-order valence-electron chi connectivity index (χ4n) is 7.75. The monoisotopic (exact) mass is 830 g/mol. The molecule has 0 aromatic carbocycles. The topological polar surface area (TPSA) is 95.9 Å². The molecule has 6 heteroatoms. The van der Waals surface area contributed by atoms with Crippen molar-refractivity contribution in [1.29, 1.82) is 0 Å². The van der Waals surface area contributed by atoms with Crippen molar-refractivity contribution in [3.8, 4) is 0 Å². The largest absolute Gasteiger partial charge is 0.462 e. The molecule has 0 saturated carbocycles. The van der Waals surface area contributed by atoms with Crippen LogP contribution in [-0.2, 0) is 14.3 Å². The number of hydrogen-bond acceptors (Lipinski definition) is 5. The Morgan fingerprint density at radius 3 is 1.34 bits per heavy atom. The number of allylic oxidation sites excluding steroid dienone is 6. The summed E-state index contributed by atoms with van der Waals surface area (Å²) in [7, 11) is 0. The SMILES string of the molecule is CCCCC/C=C\C/C=C\CCCCCCCC(CC(=O)NC(CO)C(O)CCCCCCCCCCCCCC)OC(=O)CCCCC/C=C\CCCCCCCC. The summed E-state index contributed by atoms with van der Waals surface area (Å²) < 4.78 is 5.92. The Labute approximate surface area is 366 Å². The van der Waals surface area contributed by atoms with Gasteiger partial charge in [0.15, 0.2) is 0 Å². The molecule has 0 aromatic heterocycles. The molecule has 0 saturated heterocycles. The Morgan fingerprint density at radius 2 is 0.864 bits per heavy atom. The van der Waals surface area contributed by atoms with Crippen LogP contribution in [0.15, 0.2) is 36.5 Å².